The zero-order chi connectivity index (χ0) is 19.1. The van der Waals surface area contributed by atoms with Gasteiger partial charge in [0.15, 0.2) is 0 Å². The molecule has 26 heavy (non-hydrogen) atoms. The number of urea groups is 1. The van der Waals surface area contributed by atoms with Gasteiger partial charge < -0.3 is 10.2 Å². The molecule has 0 aromatic rings. The monoisotopic (exact) mass is 400 g/mol. The number of alkyl halides is 2. The van der Waals surface area contributed by atoms with E-state index in [0.29, 0.717) is 13.0 Å². The molecule has 3 fully saturated rings. The quantitative estimate of drug-likeness (QED) is 0.396. The first-order chi connectivity index (χ1) is 12.1. The summed E-state index contributed by atoms with van der Waals surface area (Å²) in [5, 5.41) is 2.93. The molecule has 3 heterocycles. The molecule has 3 N–H and O–H groups in total. The van der Waals surface area contributed by atoms with Crippen LogP contribution in [0.2, 0.25) is 0 Å². The third-order valence-corrected chi connectivity index (χ3v) is 4.82. The average Bonchev–Trinajstić information content (AvgIpc) is 2.84. The molecule has 0 aliphatic carbocycles. The Morgan fingerprint density at radius 2 is 2.15 bits per heavy atom. The summed E-state index contributed by atoms with van der Waals surface area (Å²) in [6.07, 6.45) is 0.149. The summed E-state index contributed by atoms with van der Waals surface area (Å²) < 4.78 is 62.8. The Hall–Kier alpha value is -1.61. The second kappa shape index (κ2) is 6.84. The van der Waals surface area contributed by atoms with Crippen LogP contribution >= 0.6 is 0 Å². The molecule has 3 aliphatic heterocycles. The molecule has 14 heteroatoms. The standard InChI is InChI=1S/C12H18F2N4O7S/c13-12(14)4-8(10(19)16-24-7-2-1-3-15-5-7)17-6-9(12)18(11(17)20)25-26(21,22)23/h7-9,15H,1-6H2,(H,16,19)(H,21,22,23). The van der Waals surface area contributed by atoms with E-state index in [0.717, 1.165) is 17.9 Å². The number of rotatable bonds is 5. The van der Waals surface area contributed by atoms with Gasteiger partial charge in [-0.3, -0.25) is 14.2 Å². The first kappa shape index (κ1) is 19.2. The SMILES string of the molecule is O=C(NOC1CCCNC1)C1CC(F)(F)C2CN1C(=O)N2OS(=O)(=O)O. The lowest BCUT2D eigenvalue weighted by molar-refractivity contribution is -0.162. The van der Waals surface area contributed by atoms with Crippen LogP contribution < -0.4 is 10.8 Å². The molecule has 3 rings (SSSR count). The Bertz CT molecular complexity index is 685. The average molecular weight is 400 g/mol. The van der Waals surface area contributed by atoms with Gasteiger partial charge >= 0.3 is 16.4 Å². The summed E-state index contributed by atoms with van der Waals surface area (Å²) in [6.45, 7) is 0.669. The van der Waals surface area contributed by atoms with Gasteiger partial charge in [0, 0.05) is 13.0 Å². The molecule has 0 aromatic carbocycles. The molecule has 3 aliphatic rings. The second-order valence-corrected chi connectivity index (χ2v) is 7.32. The van der Waals surface area contributed by atoms with Crippen LogP contribution in [0, 0.1) is 0 Å². The lowest BCUT2D eigenvalue weighted by atomic mass is 9.96. The maximum absolute atomic E-state index is 14.3. The van der Waals surface area contributed by atoms with E-state index in [1.165, 1.54) is 0 Å². The number of carbonyl (C=O) groups excluding carboxylic acids is 2. The highest BCUT2D eigenvalue weighted by molar-refractivity contribution is 7.80. The first-order valence-electron chi connectivity index (χ1n) is 7.89. The zero-order valence-corrected chi connectivity index (χ0v) is 14.2. The number of hydrogen-bond donors (Lipinski definition) is 3. The molecule has 0 radical (unpaired) electrons. The molecular weight excluding hydrogens is 382 g/mol. The van der Waals surface area contributed by atoms with Crippen LogP contribution in [-0.2, 0) is 24.3 Å². The van der Waals surface area contributed by atoms with E-state index in [1.807, 2.05) is 0 Å². The Kier molecular flexibility index (Phi) is 5.04. The van der Waals surface area contributed by atoms with Crippen LogP contribution in [-0.4, -0.2) is 78.6 Å². The Balaban J connectivity index is 1.69. The van der Waals surface area contributed by atoms with Crippen LogP contribution in [0.25, 0.3) is 0 Å². The summed E-state index contributed by atoms with van der Waals surface area (Å²) >= 11 is 0. The van der Waals surface area contributed by atoms with Gasteiger partial charge in [-0.2, -0.15) is 13.5 Å². The van der Waals surface area contributed by atoms with Gasteiger partial charge in [0.2, 0.25) is 0 Å². The maximum Gasteiger partial charge on any atom is 0.418 e. The third kappa shape index (κ3) is 3.88. The largest absolute Gasteiger partial charge is 0.418 e. The van der Waals surface area contributed by atoms with Crippen molar-refractivity contribution >= 4 is 22.3 Å². The van der Waals surface area contributed by atoms with E-state index in [9.17, 15) is 26.8 Å². The molecule has 148 valence electrons. The second-order valence-electron chi connectivity index (χ2n) is 6.31. The van der Waals surface area contributed by atoms with Crippen LogP contribution in [0.15, 0.2) is 0 Å². The fraction of sp³-hybridized carbons (Fsp3) is 0.833. The van der Waals surface area contributed by atoms with Crippen LogP contribution in [0.4, 0.5) is 13.6 Å². The van der Waals surface area contributed by atoms with E-state index in [2.05, 4.69) is 15.1 Å². The minimum Gasteiger partial charge on any atom is -0.314 e. The molecule has 3 amide bonds. The third-order valence-electron chi connectivity index (χ3n) is 4.47. The van der Waals surface area contributed by atoms with E-state index >= 15 is 0 Å². The van der Waals surface area contributed by atoms with Gasteiger partial charge in [0.05, 0.1) is 12.6 Å². The van der Waals surface area contributed by atoms with Crippen molar-refractivity contribution < 1.29 is 40.5 Å². The molecule has 11 nitrogen and oxygen atoms in total. The molecule has 3 atom stereocenters. The van der Waals surface area contributed by atoms with Crippen LogP contribution in [0.5, 0.6) is 0 Å². The predicted molar refractivity (Wildman–Crippen MR) is 78.8 cm³/mol. The number of carbonyl (C=O) groups is 2. The van der Waals surface area contributed by atoms with Crippen molar-refractivity contribution in [3.05, 3.63) is 0 Å². The minimum absolute atomic E-state index is 0.117. The topological polar surface area (TPSA) is 138 Å². The van der Waals surface area contributed by atoms with Crippen molar-refractivity contribution in [3.63, 3.8) is 0 Å². The number of amides is 3. The molecular formula is C12H18F2N4O7S. The van der Waals surface area contributed by atoms with Crippen molar-refractivity contribution in [2.45, 2.75) is 43.4 Å². The minimum atomic E-state index is -5.18. The zero-order valence-electron chi connectivity index (χ0n) is 13.4. The van der Waals surface area contributed by atoms with E-state index in [-0.39, 0.29) is 11.2 Å². The van der Waals surface area contributed by atoms with Crippen molar-refractivity contribution in [1.82, 2.24) is 20.8 Å². The summed E-state index contributed by atoms with van der Waals surface area (Å²) in [5.41, 5.74) is 2.09. The Morgan fingerprint density at radius 3 is 2.77 bits per heavy atom. The van der Waals surface area contributed by atoms with Crippen molar-refractivity contribution in [3.8, 4) is 0 Å². The molecule has 3 saturated heterocycles. The summed E-state index contributed by atoms with van der Waals surface area (Å²) in [6, 6.07) is -4.77. The van der Waals surface area contributed by atoms with Gasteiger partial charge in [-0.15, -0.1) is 4.28 Å². The van der Waals surface area contributed by atoms with Gasteiger partial charge in [-0.05, 0) is 19.4 Å². The Morgan fingerprint density at radius 1 is 1.42 bits per heavy atom. The van der Waals surface area contributed by atoms with Gasteiger partial charge in [0.1, 0.15) is 12.1 Å². The fourth-order valence-electron chi connectivity index (χ4n) is 3.22. The fourth-order valence-corrected chi connectivity index (χ4v) is 3.59. The van der Waals surface area contributed by atoms with Gasteiger partial charge in [-0.25, -0.2) is 19.1 Å². The number of hydrogen-bond acceptors (Lipinski definition) is 7. The van der Waals surface area contributed by atoms with E-state index in [1.54, 1.807) is 0 Å². The maximum atomic E-state index is 14.3. The van der Waals surface area contributed by atoms with Crippen molar-refractivity contribution in [1.29, 1.82) is 0 Å². The van der Waals surface area contributed by atoms with Crippen molar-refractivity contribution in [2.24, 2.45) is 0 Å². The number of nitrogens with one attached hydrogen (secondary N) is 2. The highest BCUT2D eigenvalue weighted by atomic mass is 32.3. The summed E-state index contributed by atoms with van der Waals surface area (Å²) in [7, 11) is -5.18. The number of hydroxylamine groups is 3. The normalized spacial score (nSPS) is 31.2. The number of piperidine rings is 2. The highest BCUT2D eigenvalue weighted by Crippen LogP contribution is 2.41. The van der Waals surface area contributed by atoms with Gasteiger partial charge in [-0.1, -0.05) is 0 Å². The number of nitrogens with zero attached hydrogens (tertiary/aromatic N) is 2. The van der Waals surface area contributed by atoms with Gasteiger partial charge in [0.25, 0.3) is 11.8 Å². The smallest absolute Gasteiger partial charge is 0.314 e. The highest BCUT2D eigenvalue weighted by Gasteiger charge is 2.62. The van der Waals surface area contributed by atoms with E-state index in [4.69, 9.17) is 9.39 Å². The van der Waals surface area contributed by atoms with E-state index < -0.39 is 53.3 Å². The molecule has 0 aromatic heterocycles. The first-order valence-corrected chi connectivity index (χ1v) is 9.26. The van der Waals surface area contributed by atoms with Crippen LogP contribution in [0.3, 0.4) is 0 Å². The molecule has 3 unspecified atom stereocenters. The molecule has 2 bridgehead atoms. The summed E-state index contributed by atoms with van der Waals surface area (Å²) in [4.78, 5) is 30.3. The number of halogens is 2. The van der Waals surface area contributed by atoms with Crippen molar-refractivity contribution in [2.75, 3.05) is 19.6 Å². The molecule has 0 saturated carbocycles. The van der Waals surface area contributed by atoms with Crippen LogP contribution in [0.1, 0.15) is 19.3 Å². The Labute approximate surface area is 147 Å². The predicted octanol–water partition coefficient (Wildman–Crippen LogP) is -0.966. The lowest BCUT2D eigenvalue weighted by Crippen LogP contribution is -2.57. The lowest BCUT2D eigenvalue weighted by Gasteiger charge is -2.35. The number of fused-ring (bicyclic) bond motifs is 2. The molecule has 0 spiro atoms. The summed E-state index contributed by atoms with van der Waals surface area (Å²) in [5.74, 6) is -4.56.